The van der Waals surface area contributed by atoms with Gasteiger partial charge in [0.1, 0.15) is 5.60 Å². The van der Waals surface area contributed by atoms with Gasteiger partial charge in [-0.15, -0.1) is 0 Å². The molecule has 1 atom stereocenters. The summed E-state index contributed by atoms with van der Waals surface area (Å²) in [4.78, 5) is 36.0. The molecule has 0 radical (unpaired) electrons. The molecule has 1 aliphatic heterocycles. The van der Waals surface area contributed by atoms with Gasteiger partial charge in [0.25, 0.3) is 0 Å². The minimum atomic E-state index is -1.27. The Balaban J connectivity index is 2.47. The zero-order valence-corrected chi connectivity index (χ0v) is 17.1. The summed E-state index contributed by atoms with van der Waals surface area (Å²) in [6.45, 7) is 8.45. The monoisotopic (exact) mass is 402 g/mol. The largest absolute Gasteiger partial charge is 0.478 e. The van der Waals surface area contributed by atoms with Crippen molar-refractivity contribution >= 4 is 18.0 Å². The first-order valence-electron chi connectivity index (χ1n) is 9.11. The Kier molecular flexibility index (Phi) is 6.36. The number of allylic oxidation sites excluding steroid dienone is 1. The predicted octanol–water partition coefficient (Wildman–Crippen LogP) is 2.90. The third kappa shape index (κ3) is 5.37. The van der Waals surface area contributed by atoms with Crippen molar-refractivity contribution in [3.8, 4) is 0 Å². The van der Waals surface area contributed by atoms with Crippen LogP contribution < -0.4 is 10.6 Å². The molecule has 1 aromatic carbocycles. The fourth-order valence-corrected chi connectivity index (χ4v) is 3.14. The van der Waals surface area contributed by atoms with Gasteiger partial charge in [0.2, 0.25) is 0 Å². The summed E-state index contributed by atoms with van der Waals surface area (Å²) in [5.74, 6) is -3.46. The second-order valence-electron chi connectivity index (χ2n) is 7.87. The minimum absolute atomic E-state index is 0.0488. The van der Waals surface area contributed by atoms with E-state index in [4.69, 9.17) is 4.74 Å². The second-order valence-corrected chi connectivity index (χ2v) is 7.87. The van der Waals surface area contributed by atoms with E-state index in [0.29, 0.717) is 11.3 Å². The Morgan fingerprint density at radius 2 is 1.59 bits per heavy atom. The number of hydrogen-bond acceptors (Lipinski definition) is 5. The highest BCUT2D eigenvalue weighted by Gasteiger charge is 2.37. The Hall–Kier alpha value is -3.29. The van der Waals surface area contributed by atoms with E-state index in [1.165, 1.54) is 0 Å². The van der Waals surface area contributed by atoms with E-state index in [-0.39, 0.29) is 23.4 Å². The molecule has 1 heterocycles. The molecule has 4 N–H and O–H groups in total. The maximum Gasteiger partial charge on any atom is 0.407 e. The van der Waals surface area contributed by atoms with Crippen LogP contribution in [0.1, 0.15) is 44.7 Å². The maximum absolute atomic E-state index is 12.1. The number of dihydropyridines is 1. The van der Waals surface area contributed by atoms with E-state index in [0.717, 1.165) is 5.56 Å². The molecule has 8 heteroatoms. The number of aryl methyl sites for hydroxylation is 1. The van der Waals surface area contributed by atoms with E-state index in [1.54, 1.807) is 52.0 Å². The maximum atomic E-state index is 12.1. The summed E-state index contributed by atoms with van der Waals surface area (Å²) < 4.78 is 5.18. The highest BCUT2D eigenvalue weighted by molar-refractivity contribution is 5.98. The average Bonchev–Trinajstić information content (AvgIpc) is 2.57. The van der Waals surface area contributed by atoms with Crippen molar-refractivity contribution in [1.29, 1.82) is 0 Å². The van der Waals surface area contributed by atoms with Gasteiger partial charge in [0, 0.05) is 11.4 Å². The molecule has 0 fully saturated rings. The number of carbonyl (C=O) groups excluding carboxylic acids is 1. The molecular formula is C21H26N2O6. The lowest BCUT2D eigenvalue weighted by Gasteiger charge is -2.30. The molecule has 1 amide bonds. The number of carbonyl (C=O) groups is 3. The van der Waals surface area contributed by atoms with Crippen LogP contribution in [0.3, 0.4) is 0 Å². The smallest absolute Gasteiger partial charge is 0.407 e. The van der Waals surface area contributed by atoms with Crippen molar-refractivity contribution in [3.05, 3.63) is 57.9 Å². The summed E-state index contributed by atoms with van der Waals surface area (Å²) in [5.41, 5.74) is 1.14. The molecule has 0 saturated heterocycles. The summed E-state index contributed by atoms with van der Waals surface area (Å²) in [7, 11) is 0. The number of nitrogens with one attached hydrogen (secondary N) is 2. The van der Waals surface area contributed by atoms with Gasteiger partial charge in [-0.1, -0.05) is 29.8 Å². The van der Waals surface area contributed by atoms with Crippen LogP contribution in [0.4, 0.5) is 4.79 Å². The Bertz CT molecular complexity index is 891. The fraction of sp³-hybridized carbons (Fsp3) is 0.381. The average molecular weight is 402 g/mol. The van der Waals surface area contributed by atoms with E-state index in [9.17, 15) is 24.6 Å². The van der Waals surface area contributed by atoms with Gasteiger partial charge in [0.05, 0.1) is 23.6 Å². The van der Waals surface area contributed by atoms with Gasteiger partial charge in [0.15, 0.2) is 0 Å². The lowest BCUT2D eigenvalue weighted by molar-refractivity contribution is -0.133. The molecule has 156 valence electrons. The van der Waals surface area contributed by atoms with Crippen molar-refractivity contribution in [3.63, 3.8) is 0 Å². The number of rotatable bonds is 5. The number of benzene rings is 1. The molecule has 8 nitrogen and oxygen atoms in total. The van der Waals surface area contributed by atoms with Crippen LogP contribution in [0.25, 0.3) is 0 Å². The molecule has 1 aliphatic rings. The van der Waals surface area contributed by atoms with Crippen molar-refractivity contribution < 1.29 is 29.3 Å². The predicted molar refractivity (Wildman–Crippen MR) is 106 cm³/mol. The zero-order chi connectivity index (χ0) is 21.9. The third-order valence-corrected chi connectivity index (χ3v) is 4.32. The standard InChI is InChI=1S/C21H26N2O6/c1-11-6-8-13(9-7-11)16-15(18(24)25)12(2)23-14(17(16)19(26)27)10-22-20(28)29-21(3,4)5/h6-9,16,23H,10H2,1-5H3,(H,22,28)(H,24,25)(H,26,27). The summed E-state index contributed by atoms with van der Waals surface area (Å²) >= 11 is 0. The topological polar surface area (TPSA) is 125 Å². The normalized spacial score (nSPS) is 16.9. The van der Waals surface area contributed by atoms with E-state index in [1.807, 2.05) is 6.92 Å². The number of carboxylic acid groups (broad SMARTS) is 2. The molecule has 0 saturated carbocycles. The lowest BCUT2D eigenvalue weighted by atomic mass is 9.80. The van der Waals surface area contributed by atoms with Crippen LogP contribution >= 0.6 is 0 Å². The van der Waals surface area contributed by atoms with Crippen LogP contribution in [0.5, 0.6) is 0 Å². The van der Waals surface area contributed by atoms with Crippen LogP contribution in [0.15, 0.2) is 46.8 Å². The van der Waals surface area contributed by atoms with Crippen molar-refractivity contribution in [2.75, 3.05) is 6.54 Å². The SMILES string of the molecule is CC1=C(C(=O)O)C(c2ccc(C)cc2)C(C(=O)O)=C(CNC(=O)OC(C)(C)C)N1. The van der Waals surface area contributed by atoms with E-state index < -0.39 is 29.6 Å². The summed E-state index contributed by atoms with van der Waals surface area (Å²) in [6.07, 6.45) is -0.700. The first kappa shape index (κ1) is 22.0. The lowest BCUT2D eigenvalue weighted by Crippen LogP contribution is -2.39. The van der Waals surface area contributed by atoms with Gasteiger partial charge in [-0.25, -0.2) is 14.4 Å². The van der Waals surface area contributed by atoms with Crippen LogP contribution in [0.2, 0.25) is 0 Å². The molecule has 1 unspecified atom stereocenters. The number of ether oxygens (including phenoxy) is 1. The van der Waals surface area contributed by atoms with E-state index in [2.05, 4.69) is 10.6 Å². The van der Waals surface area contributed by atoms with Crippen LogP contribution in [-0.4, -0.2) is 40.4 Å². The molecule has 0 bridgehead atoms. The van der Waals surface area contributed by atoms with Gasteiger partial charge < -0.3 is 25.6 Å². The van der Waals surface area contributed by atoms with Gasteiger partial charge in [-0.2, -0.15) is 0 Å². The molecule has 29 heavy (non-hydrogen) atoms. The molecule has 0 spiro atoms. The number of aliphatic carboxylic acids is 2. The van der Waals surface area contributed by atoms with Gasteiger partial charge in [-0.05, 0) is 40.2 Å². The molecule has 0 aromatic heterocycles. The Morgan fingerprint density at radius 3 is 2.07 bits per heavy atom. The van der Waals surface area contributed by atoms with Crippen LogP contribution in [0, 0.1) is 6.92 Å². The number of alkyl carbamates (subject to hydrolysis) is 1. The van der Waals surface area contributed by atoms with E-state index >= 15 is 0 Å². The highest BCUT2D eigenvalue weighted by Crippen LogP contribution is 2.38. The van der Waals surface area contributed by atoms with Crippen molar-refractivity contribution in [2.24, 2.45) is 0 Å². The van der Waals surface area contributed by atoms with Gasteiger partial charge in [-0.3, -0.25) is 0 Å². The quantitative estimate of drug-likeness (QED) is 0.597. The number of carboxylic acids is 2. The van der Waals surface area contributed by atoms with Gasteiger partial charge >= 0.3 is 18.0 Å². The Labute approximate surface area is 169 Å². The summed E-state index contributed by atoms with van der Waals surface area (Å²) in [6, 6.07) is 7.02. The fourth-order valence-electron chi connectivity index (χ4n) is 3.14. The van der Waals surface area contributed by atoms with Crippen molar-refractivity contribution in [2.45, 2.75) is 46.1 Å². The Morgan fingerprint density at radius 1 is 1.03 bits per heavy atom. The van der Waals surface area contributed by atoms with Crippen LogP contribution in [-0.2, 0) is 14.3 Å². The first-order valence-corrected chi connectivity index (χ1v) is 9.11. The summed E-state index contributed by atoms with van der Waals surface area (Å²) in [5, 5.41) is 25.0. The minimum Gasteiger partial charge on any atom is -0.478 e. The zero-order valence-electron chi connectivity index (χ0n) is 17.1. The highest BCUT2D eigenvalue weighted by atomic mass is 16.6. The molecule has 1 aromatic rings. The second kappa shape index (κ2) is 8.38. The molecular weight excluding hydrogens is 376 g/mol. The molecule has 0 aliphatic carbocycles. The number of hydrogen-bond donors (Lipinski definition) is 4. The van der Waals surface area contributed by atoms with Crippen molar-refractivity contribution in [1.82, 2.24) is 10.6 Å². The molecule has 2 rings (SSSR count). The number of amides is 1. The first-order chi connectivity index (χ1) is 13.4. The third-order valence-electron chi connectivity index (χ3n) is 4.32.